The second kappa shape index (κ2) is 4.72. The zero-order valence-electron chi connectivity index (χ0n) is 9.61. The van der Waals surface area contributed by atoms with Crippen molar-refractivity contribution in [2.24, 2.45) is 5.73 Å². The van der Waals surface area contributed by atoms with Gasteiger partial charge in [0.25, 0.3) is 0 Å². The standard InChI is InChI=1S/C13H9F3N2O/c14-13(15,16)11-9(8-4-6-18-7-5-8)2-1-3-10(11)12(17)19/h1-7H,(H2,17,19). The molecule has 1 aromatic carbocycles. The molecule has 2 aromatic rings. The lowest BCUT2D eigenvalue weighted by Crippen LogP contribution is -2.19. The van der Waals surface area contributed by atoms with Crippen LogP contribution in [0.15, 0.2) is 42.7 Å². The maximum Gasteiger partial charge on any atom is 0.417 e. The molecule has 6 heteroatoms. The molecule has 0 saturated heterocycles. The molecule has 2 rings (SSSR count). The van der Waals surface area contributed by atoms with Gasteiger partial charge in [-0.05, 0) is 29.3 Å². The Balaban J connectivity index is 2.75. The number of hydrogen-bond acceptors (Lipinski definition) is 2. The van der Waals surface area contributed by atoms with E-state index >= 15 is 0 Å². The molecule has 1 aromatic heterocycles. The van der Waals surface area contributed by atoms with Crippen LogP contribution in [0.25, 0.3) is 11.1 Å². The second-order valence-electron chi connectivity index (χ2n) is 3.83. The van der Waals surface area contributed by atoms with Crippen LogP contribution in [0.5, 0.6) is 0 Å². The van der Waals surface area contributed by atoms with Gasteiger partial charge in [-0.25, -0.2) is 0 Å². The Kier molecular flexibility index (Phi) is 3.25. The van der Waals surface area contributed by atoms with Crippen LogP contribution in [-0.2, 0) is 6.18 Å². The minimum Gasteiger partial charge on any atom is -0.366 e. The van der Waals surface area contributed by atoms with Gasteiger partial charge in [-0.2, -0.15) is 13.2 Å². The number of hydrogen-bond donors (Lipinski definition) is 1. The van der Waals surface area contributed by atoms with Crippen molar-refractivity contribution in [2.45, 2.75) is 6.18 Å². The van der Waals surface area contributed by atoms with Crippen molar-refractivity contribution in [3.8, 4) is 11.1 Å². The minimum atomic E-state index is -4.66. The number of carbonyl (C=O) groups is 1. The largest absolute Gasteiger partial charge is 0.417 e. The quantitative estimate of drug-likeness (QED) is 0.908. The molecule has 0 unspecified atom stereocenters. The highest BCUT2D eigenvalue weighted by Gasteiger charge is 2.37. The maximum absolute atomic E-state index is 13.1. The Morgan fingerprint density at radius 1 is 1.11 bits per heavy atom. The number of amides is 1. The van der Waals surface area contributed by atoms with Crippen LogP contribution in [0.4, 0.5) is 13.2 Å². The molecule has 19 heavy (non-hydrogen) atoms. The number of nitrogens with two attached hydrogens (primary N) is 1. The van der Waals surface area contributed by atoms with Gasteiger partial charge < -0.3 is 5.73 Å². The van der Waals surface area contributed by atoms with E-state index in [4.69, 9.17) is 5.73 Å². The van der Waals surface area contributed by atoms with E-state index in [-0.39, 0.29) is 5.56 Å². The summed E-state index contributed by atoms with van der Waals surface area (Å²) in [6.45, 7) is 0. The fourth-order valence-electron chi connectivity index (χ4n) is 1.84. The average Bonchev–Trinajstić information content (AvgIpc) is 2.38. The third-order valence-corrected chi connectivity index (χ3v) is 2.60. The number of benzene rings is 1. The van der Waals surface area contributed by atoms with E-state index in [0.717, 1.165) is 6.07 Å². The molecule has 1 amide bonds. The average molecular weight is 266 g/mol. The van der Waals surface area contributed by atoms with E-state index < -0.39 is 23.2 Å². The summed E-state index contributed by atoms with van der Waals surface area (Å²) in [6, 6.07) is 6.61. The smallest absolute Gasteiger partial charge is 0.366 e. The lowest BCUT2D eigenvalue weighted by molar-refractivity contribution is -0.137. The zero-order chi connectivity index (χ0) is 14.0. The van der Waals surface area contributed by atoms with Crippen molar-refractivity contribution >= 4 is 5.91 Å². The summed E-state index contributed by atoms with van der Waals surface area (Å²) in [6.07, 6.45) is -1.90. The van der Waals surface area contributed by atoms with Crippen molar-refractivity contribution in [3.63, 3.8) is 0 Å². The molecule has 0 spiro atoms. The highest BCUT2D eigenvalue weighted by molar-refractivity contribution is 5.96. The Morgan fingerprint density at radius 2 is 1.74 bits per heavy atom. The number of aromatic nitrogens is 1. The first-order valence-corrected chi connectivity index (χ1v) is 5.31. The first kappa shape index (κ1) is 13.1. The van der Waals surface area contributed by atoms with E-state index in [1.165, 1.54) is 36.7 Å². The van der Waals surface area contributed by atoms with E-state index in [1.807, 2.05) is 0 Å². The molecule has 0 fully saturated rings. The van der Waals surface area contributed by atoms with Crippen molar-refractivity contribution in [2.75, 3.05) is 0 Å². The maximum atomic E-state index is 13.1. The zero-order valence-corrected chi connectivity index (χ0v) is 9.61. The number of pyridine rings is 1. The Bertz CT molecular complexity index is 609. The number of alkyl halides is 3. The van der Waals surface area contributed by atoms with E-state index in [0.29, 0.717) is 5.56 Å². The van der Waals surface area contributed by atoms with E-state index in [1.54, 1.807) is 0 Å². The van der Waals surface area contributed by atoms with Gasteiger partial charge in [-0.15, -0.1) is 0 Å². The topological polar surface area (TPSA) is 56.0 Å². The summed E-state index contributed by atoms with van der Waals surface area (Å²) in [5, 5.41) is 0. The number of halogens is 3. The van der Waals surface area contributed by atoms with Gasteiger partial charge in [0.15, 0.2) is 0 Å². The molecule has 98 valence electrons. The summed E-state index contributed by atoms with van der Waals surface area (Å²) in [5.41, 5.74) is 3.68. The lowest BCUT2D eigenvalue weighted by Gasteiger charge is -2.15. The van der Waals surface area contributed by atoms with Crippen molar-refractivity contribution in [1.82, 2.24) is 4.98 Å². The van der Waals surface area contributed by atoms with Crippen LogP contribution >= 0.6 is 0 Å². The lowest BCUT2D eigenvalue weighted by atomic mass is 9.95. The molecule has 0 radical (unpaired) electrons. The third kappa shape index (κ3) is 2.57. The Hall–Kier alpha value is -2.37. The predicted octanol–water partition coefficient (Wildman–Crippen LogP) is 2.87. The number of primary amides is 1. The number of nitrogens with zero attached hydrogens (tertiary/aromatic N) is 1. The molecular formula is C13H9F3N2O. The molecule has 3 nitrogen and oxygen atoms in total. The number of carbonyl (C=O) groups excluding carboxylic acids is 1. The van der Waals surface area contributed by atoms with Gasteiger partial charge in [0.1, 0.15) is 0 Å². The Labute approximate surface area is 106 Å². The molecule has 0 saturated carbocycles. The van der Waals surface area contributed by atoms with Crippen LogP contribution in [-0.4, -0.2) is 10.9 Å². The van der Waals surface area contributed by atoms with Gasteiger partial charge in [-0.3, -0.25) is 9.78 Å². The van der Waals surface area contributed by atoms with Crippen LogP contribution in [0.3, 0.4) is 0 Å². The normalized spacial score (nSPS) is 11.3. The third-order valence-electron chi connectivity index (χ3n) is 2.60. The predicted molar refractivity (Wildman–Crippen MR) is 63.2 cm³/mol. The summed E-state index contributed by atoms with van der Waals surface area (Å²) in [7, 11) is 0. The SMILES string of the molecule is NC(=O)c1cccc(-c2ccncc2)c1C(F)(F)F. The Morgan fingerprint density at radius 3 is 2.26 bits per heavy atom. The molecular weight excluding hydrogens is 257 g/mol. The van der Waals surface area contributed by atoms with Crippen molar-refractivity contribution < 1.29 is 18.0 Å². The van der Waals surface area contributed by atoms with Gasteiger partial charge >= 0.3 is 6.18 Å². The number of rotatable bonds is 2. The van der Waals surface area contributed by atoms with Gasteiger partial charge in [0.05, 0.1) is 11.1 Å². The van der Waals surface area contributed by atoms with Gasteiger partial charge in [0.2, 0.25) is 5.91 Å². The second-order valence-corrected chi connectivity index (χ2v) is 3.83. The molecule has 0 aliphatic heterocycles. The molecule has 0 bridgehead atoms. The fraction of sp³-hybridized carbons (Fsp3) is 0.0769. The summed E-state index contributed by atoms with van der Waals surface area (Å²) in [5.74, 6) is -1.11. The van der Waals surface area contributed by atoms with Crippen LogP contribution in [0, 0.1) is 0 Å². The highest BCUT2D eigenvalue weighted by Crippen LogP contribution is 2.39. The van der Waals surface area contributed by atoms with E-state index in [9.17, 15) is 18.0 Å². The summed E-state index contributed by atoms with van der Waals surface area (Å²) >= 11 is 0. The molecule has 0 atom stereocenters. The molecule has 2 N–H and O–H groups in total. The van der Waals surface area contributed by atoms with Crippen molar-refractivity contribution in [1.29, 1.82) is 0 Å². The molecule has 0 aliphatic rings. The first-order chi connectivity index (χ1) is 8.91. The van der Waals surface area contributed by atoms with Crippen LogP contribution < -0.4 is 5.73 Å². The monoisotopic (exact) mass is 266 g/mol. The summed E-state index contributed by atoms with van der Waals surface area (Å²) < 4.78 is 39.4. The van der Waals surface area contributed by atoms with Gasteiger partial charge in [0, 0.05) is 12.4 Å². The minimum absolute atomic E-state index is 0.0915. The van der Waals surface area contributed by atoms with Crippen LogP contribution in [0.2, 0.25) is 0 Å². The van der Waals surface area contributed by atoms with E-state index in [2.05, 4.69) is 4.98 Å². The highest BCUT2D eigenvalue weighted by atomic mass is 19.4. The van der Waals surface area contributed by atoms with Gasteiger partial charge in [-0.1, -0.05) is 12.1 Å². The summed E-state index contributed by atoms with van der Waals surface area (Å²) in [4.78, 5) is 14.9. The molecule has 0 aliphatic carbocycles. The van der Waals surface area contributed by atoms with Crippen LogP contribution in [0.1, 0.15) is 15.9 Å². The fourth-order valence-corrected chi connectivity index (χ4v) is 1.84. The first-order valence-electron chi connectivity index (χ1n) is 5.31. The van der Waals surface area contributed by atoms with Crippen molar-refractivity contribution in [3.05, 3.63) is 53.9 Å². The molecule has 1 heterocycles.